The Kier molecular flexibility index (Phi) is 3.09. The summed E-state index contributed by atoms with van der Waals surface area (Å²) in [5.74, 6) is 0.0362. The first-order valence-electron chi connectivity index (χ1n) is 4.45. The number of carbonyl (C=O) groups excluding carboxylic acids is 1. The highest BCUT2D eigenvalue weighted by atomic mass is 16.5. The molecule has 1 saturated carbocycles. The van der Waals surface area contributed by atoms with Crippen molar-refractivity contribution in [1.29, 1.82) is 0 Å². The van der Waals surface area contributed by atoms with Gasteiger partial charge in [0.1, 0.15) is 0 Å². The summed E-state index contributed by atoms with van der Waals surface area (Å²) in [6.45, 7) is 2.04. The zero-order valence-electron chi connectivity index (χ0n) is 7.62. The second-order valence-electron chi connectivity index (χ2n) is 3.43. The molecule has 0 aliphatic heterocycles. The topological polar surface area (TPSA) is 46.5 Å². The van der Waals surface area contributed by atoms with E-state index in [2.05, 4.69) is 4.74 Å². The van der Waals surface area contributed by atoms with E-state index in [0.29, 0.717) is 6.42 Å². The summed E-state index contributed by atoms with van der Waals surface area (Å²) in [5.41, 5.74) is 0. The predicted octanol–water partition coefficient (Wildman–Crippen LogP) is 0.956. The van der Waals surface area contributed by atoms with E-state index in [1.807, 2.05) is 6.92 Å². The Bertz CT molecular complexity index is 167. The van der Waals surface area contributed by atoms with Crippen LogP contribution in [-0.2, 0) is 9.53 Å². The summed E-state index contributed by atoms with van der Waals surface area (Å²) < 4.78 is 4.63. The molecule has 0 amide bonds. The van der Waals surface area contributed by atoms with Gasteiger partial charge in [-0.15, -0.1) is 0 Å². The zero-order chi connectivity index (χ0) is 9.14. The number of rotatable bonds is 2. The summed E-state index contributed by atoms with van der Waals surface area (Å²) in [5, 5.41) is 9.50. The van der Waals surface area contributed by atoms with E-state index < -0.39 is 0 Å². The molecule has 1 rings (SSSR count). The van der Waals surface area contributed by atoms with Gasteiger partial charge in [0.15, 0.2) is 0 Å². The molecule has 1 aliphatic rings. The Hall–Kier alpha value is -0.570. The van der Waals surface area contributed by atoms with E-state index in [1.165, 1.54) is 7.11 Å². The van der Waals surface area contributed by atoms with Crippen LogP contribution in [0.1, 0.15) is 26.2 Å². The molecule has 0 heterocycles. The van der Waals surface area contributed by atoms with Crippen molar-refractivity contribution < 1.29 is 14.6 Å². The molecule has 0 bridgehead atoms. The van der Waals surface area contributed by atoms with Crippen LogP contribution in [0.25, 0.3) is 0 Å². The molecule has 1 unspecified atom stereocenters. The van der Waals surface area contributed by atoms with Crippen LogP contribution in [0.4, 0.5) is 0 Å². The van der Waals surface area contributed by atoms with Crippen molar-refractivity contribution in [3.05, 3.63) is 0 Å². The van der Waals surface area contributed by atoms with Crippen LogP contribution in [0, 0.1) is 11.8 Å². The van der Waals surface area contributed by atoms with Crippen LogP contribution in [-0.4, -0.2) is 24.3 Å². The van der Waals surface area contributed by atoms with Crippen LogP contribution < -0.4 is 0 Å². The van der Waals surface area contributed by atoms with Gasteiger partial charge in [0.25, 0.3) is 0 Å². The highest BCUT2D eigenvalue weighted by molar-refractivity contribution is 5.72. The molecular formula is C9H16O3. The summed E-state index contributed by atoms with van der Waals surface area (Å²) >= 11 is 0. The molecule has 0 spiro atoms. The Labute approximate surface area is 72.7 Å². The fraction of sp³-hybridized carbons (Fsp3) is 0.889. The van der Waals surface area contributed by atoms with Crippen molar-refractivity contribution in [2.24, 2.45) is 11.8 Å². The molecule has 1 N–H and O–H groups in total. The highest BCUT2D eigenvalue weighted by Gasteiger charge is 2.36. The van der Waals surface area contributed by atoms with Crippen LogP contribution >= 0.6 is 0 Å². The molecule has 12 heavy (non-hydrogen) atoms. The number of methoxy groups -OCH3 is 1. The first kappa shape index (κ1) is 9.52. The SMILES string of the molecule is CC[C@@H]1CC(C(=O)OC)C[C@H]1O. The lowest BCUT2D eigenvalue weighted by molar-refractivity contribution is -0.145. The van der Waals surface area contributed by atoms with E-state index in [0.717, 1.165) is 12.8 Å². The number of carbonyl (C=O) groups is 1. The average Bonchev–Trinajstić information content (AvgIpc) is 2.45. The van der Waals surface area contributed by atoms with Crippen molar-refractivity contribution in [3.63, 3.8) is 0 Å². The van der Waals surface area contributed by atoms with Crippen molar-refractivity contribution in [3.8, 4) is 0 Å². The monoisotopic (exact) mass is 172 g/mol. The average molecular weight is 172 g/mol. The normalized spacial score (nSPS) is 35.1. The summed E-state index contributed by atoms with van der Waals surface area (Å²) in [6.07, 6.45) is 1.99. The number of hydrogen-bond acceptors (Lipinski definition) is 3. The van der Waals surface area contributed by atoms with E-state index in [4.69, 9.17) is 0 Å². The van der Waals surface area contributed by atoms with Gasteiger partial charge in [0, 0.05) is 0 Å². The fourth-order valence-corrected chi connectivity index (χ4v) is 1.90. The maximum absolute atomic E-state index is 11.1. The number of hydrogen-bond donors (Lipinski definition) is 1. The number of aliphatic hydroxyl groups excluding tert-OH is 1. The van der Waals surface area contributed by atoms with Crippen molar-refractivity contribution >= 4 is 5.97 Å². The zero-order valence-corrected chi connectivity index (χ0v) is 7.62. The standard InChI is InChI=1S/C9H16O3/c1-3-6-4-7(5-8(6)10)9(11)12-2/h6-8,10H,3-5H2,1-2H3/t6-,7?,8-/m1/s1. The molecule has 0 aromatic heterocycles. The third-order valence-electron chi connectivity index (χ3n) is 2.72. The molecule has 3 nitrogen and oxygen atoms in total. The Balaban J connectivity index is 2.48. The second kappa shape index (κ2) is 3.90. The Morgan fingerprint density at radius 3 is 2.67 bits per heavy atom. The summed E-state index contributed by atoms with van der Waals surface area (Å²) in [4.78, 5) is 11.1. The van der Waals surface area contributed by atoms with E-state index in [-0.39, 0.29) is 23.9 Å². The first-order chi connectivity index (χ1) is 5.69. The lowest BCUT2D eigenvalue weighted by atomic mass is 10.0. The molecule has 0 saturated heterocycles. The van der Waals surface area contributed by atoms with E-state index in [9.17, 15) is 9.90 Å². The fourth-order valence-electron chi connectivity index (χ4n) is 1.90. The molecule has 70 valence electrons. The van der Waals surface area contributed by atoms with Gasteiger partial charge >= 0.3 is 5.97 Å². The quantitative estimate of drug-likeness (QED) is 0.631. The molecule has 0 aromatic carbocycles. The number of aliphatic hydroxyl groups is 1. The van der Waals surface area contributed by atoms with Gasteiger partial charge in [-0.25, -0.2) is 0 Å². The van der Waals surface area contributed by atoms with Gasteiger partial charge in [-0.3, -0.25) is 4.79 Å². The summed E-state index contributed by atoms with van der Waals surface area (Å²) in [7, 11) is 1.40. The molecule has 0 radical (unpaired) electrons. The van der Waals surface area contributed by atoms with Gasteiger partial charge in [0.2, 0.25) is 0 Å². The largest absolute Gasteiger partial charge is 0.469 e. The maximum Gasteiger partial charge on any atom is 0.308 e. The summed E-state index contributed by atoms with van der Waals surface area (Å²) in [6, 6.07) is 0. The smallest absolute Gasteiger partial charge is 0.308 e. The van der Waals surface area contributed by atoms with Gasteiger partial charge in [0.05, 0.1) is 19.1 Å². The molecule has 1 aliphatic carbocycles. The number of ether oxygens (including phenoxy) is 1. The molecule has 3 atom stereocenters. The van der Waals surface area contributed by atoms with Gasteiger partial charge < -0.3 is 9.84 Å². The van der Waals surface area contributed by atoms with Gasteiger partial charge in [-0.1, -0.05) is 13.3 Å². The van der Waals surface area contributed by atoms with Crippen molar-refractivity contribution in [1.82, 2.24) is 0 Å². The van der Waals surface area contributed by atoms with Crippen LogP contribution in [0.15, 0.2) is 0 Å². The van der Waals surface area contributed by atoms with E-state index >= 15 is 0 Å². The molecular weight excluding hydrogens is 156 g/mol. The van der Waals surface area contributed by atoms with Crippen LogP contribution in [0.5, 0.6) is 0 Å². The maximum atomic E-state index is 11.1. The predicted molar refractivity (Wildman–Crippen MR) is 44.5 cm³/mol. The second-order valence-corrected chi connectivity index (χ2v) is 3.43. The molecule has 0 aromatic rings. The first-order valence-corrected chi connectivity index (χ1v) is 4.45. The van der Waals surface area contributed by atoms with Gasteiger partial charge in [-0.2, -0.15) is 0 Å². The minimum Gasteiger partial charge on any atom is -0.469 e. The highest BCUT2D eigenvalue weighted by Crippen LogP contribution is 2.33. The minimum atomic E-state index is -0.306. The van der Waals surface area contributed by atoms with Crippen molar-refractivity contribution in [2.45, 2.75) is 32.3 Å². The third kappa shape index (κ3) is 1.78. The lowest BCUT2D eigenvalue weighted by Gasteiger charge is -2.09. The molecule has 1 fully saturated rings. The molecule has 3 heteroatoms. The van der Waals surface area contributed by atoms with Crippen LogP contribution in [0.2, 0.25) is 0 Å². The van der Waals surface area contributed by atoms with Crippen molar-refractivity contribution in [2.75, 3.05) is 7.11 Å². The minimum absolute atomic E-state index is 0.0741. The van der Waals surface area contributed by atoms with Crippen LogP contribution in [0.3, 0.4) is 0 Å². The third-order valence-corrected chi connectivity index (χ3v) is 2.72. The van der Waals surface area contributed by atoms with Gasteiger partial charge in [-0.05, 0) is 18.8 Å². The number of esters is 1. The Morgan fingerprint density at radius 2 is 2.25 bits per heavy atom. The Morgan fingerprint density at radius 1 is 1.58 bits per heavy atom. The van der Waals surface area contributed by atoms with E-state index in [1.54, 1.807) is 0 Å². The lowest BCUT2D eigenvalue weighted by Crippen LogP contribution is -2.13.